The standard InChI is InChI=1S/C11H21N5/c1-4-15(3)10-12-9(2)13-11(14-10)16-7-5-6-8-16/h9H,4-8H2,1-3H3,(H,12,13,14). The molecular formula is C11H21N5. The molecule has 2 rings (SSSR count). The molecule has 0 amide bonds. The smallest absolute Gasteiger partial charge is 0.225 e. The minimum Gasteiger partial charge on any atom is -0.346 e. The second kappa shape index (κ2) is 4.72. The first-order chi connectivity index (χ1) is 7.70. The molecule has 2 aliphatic rings. The molecule has 0 aromatic rings. The Morgan fingerprint density at radius 2 is 2.12 bits per heavy atom. The van der Waals surface area contributed by atoms with Crippen molar-refractivity contribution in [2.75, 3.05) is 26.7 Å². The summed E-state index contributed by atoms with van der Waals surface area (Å²) in [5, 5.41) is 3.28. The van der Waals surface area contributed by atoms with Crippen LogP contribution in [0.2, 0.25) is 0 Å². The van der Waals surface area contributed by atoms with Crippen molar-refractivity contribution in [1.82, 2.24) is 15.1 Å². The summed E-state index contributed by atoms with van der Waals surface area (Å²) < 4.78 is 0. The van der Waals surface area contributed by atoms with E-state index >= 15 is 0 Å². The molecule has 16 heavy (non-hydrogen) atoms. The van der Waals surface area contributed by atoms with Gasteiger partial charge in [0.05, 0.1) is 0 Å². The zero-order chi connectivity index (χ0) is 11.5. The predicted molar refractivity (Wildman–Crippen MR) is 66.6 cm³/mol. The van der Waals surface area contributed by atoms with Gasteiger partial charge in [-0.2, -0.15) is 4.99 Å². The van der Waals surface area contributed by atoms with Gasteiger partial charge in [0.15, 0.2) is 0 Å². The number of hydrogen-bond acceptors (Lipinski definition) is 5. The Labute approximate surface area is 97.2 Å². The van der Waals surface area contributed by atoms with Gasteiger partial charge in [-0.15, -0.1) is 0 Å². The maximum atomic E-state index is 4.59. The second-order valence-corrected chi connectivity index (χ2v) is 4.39. The van der Waals surface area contributed by atoms with Crippen molar-refractivity contribution in [1.29, 1.82) is 0 Å². The summed E-state index contributed by atoms with van der Waals surface area (Å²) >= 11 is 0. The van der Waals surface area contributed by atoms with Crippen LogP contribution < -0.4 is 5.32 Å². The molecule has 1 unspecified atom stereocenters. The van der Waals surface area contributed by atoms with E-state index in [1.54, 1.807) is 0 Å². The largest absolute Gasteiger partial charge is 0.346 e. The Morgan fingerprint density at radius 3 is 2.75 bits per heavy atom. The Bertz CT molecular complexity index is 303. The molecular weight excluding hydrogens is 202 g/mol. The summed E-state index contributed by atoms with van der Waals surface area (Å²) in [6.07, 6.45) is 2.64. The molecule has 1 atom stereocenters. The first-order valence-corrected chi connectivity index (χ1v) is 6.10. The molecule has 1 N–H and O–H groups in total. The molecule has 0 bridgehead atoms. The molecule has 1 saturated heterocycles. The van der Waals surface area contributed by atoms with Gasteiger partial charge in [0.25, 0.3) is 0 Å². The van der Waals surface area contributed by atoms with Crippen LogP contribution in [0.1, 0.15) is 26.7 Å². The van der Waals surface area contributed by atoms with E-state index in [1.165, 1.54) is 12.8 Å². The number of rotatable bonds is 1. The van der Waals surface area contributed by atoms with Crippen molar-refractivity contribution < 1.29 is 0 Å². The van der Waals surface area contributed by atoms with E-state index in [0.29, 0.717) is 0 Å². The van der Waals surface area contributed by atoms with E-state index in [4.69, 9.17) is 0 Å². The SMILES string of the molecule is CCN(C)C1=NC(N2CCCC2)=NC(C)N1. The number of aliphatic imine (C=N–C) groups is 2. The monoisotopic (exact) mass is 223 g/mol. The third-order valence-corrected chi connectivity index (χ3v) is 3.08. The Balaban J connectivity index is 2.13. The lowest BCUT2D eigenvalue weighted by atomic mass is 10.4. The number of likely N-dealkylation sites (tertiary alicyclic amines) is 1. The van der Waals surface area contributed by atoms with E-state index < -0.39 is 0 Å². The van der Waals surface area contributed by atoms with Gasteiger partial charge in [0.1, 0.15) is 6.17 Å². The third kappa shape index (κ3) is 2.28. The van der Waals surface area contributed by atoms with Crippen molar-refractivity contribution >= 4 is 11.9 Å². The van der Waals surface area contributed by atoms with E-state index in [0.717, 1.165) is 31.6 Å². The van der Waals surface area contributed by atoms with Crippen LogP contribution in [-0.2, 0) is 0 Å². The summed E-state index contributed by atoms with van der Waals surface area (Å²) in [5.74, 6) is 1.84. The van der Waals surface area contributed by atoms with Crippen LogP contribution in [0, 0.1) is 0 Å². The van der Waals surface area contributed by atoms with Crippen LogP contribution in [0.25, 0.3) is 0 Å². The fourth-order valence-corrected chi connectivity index (χ4v) is 1.96. The highest BCUT2D eigenvalue weighted by atomic mass is 15.4. The number of hydrogen-bond donors (Lipinski definition) is 1. The highest BCUT2D eigenvalue weighted by molar-refractivity contribution is 5.96. The van der Waals surface area contributed by atoms with E-state index in [9.17, 15) is 0 Å². The average molecular weight is 223 g/mol. The van der Waals surface area contributed by atoms with E-state index in [1.807, 2.05) is 7.05 Å². The lowest BCUT2D eigenvalue weighted by Gasteiger charge is -2.29. The lowest BCUT2D eigenvalue weighted by Crippen LogP contribution is -2.47. The molecule has 0 radical (unpaired) electrons. The molecule has 2 heterocycles. The van der Waals surface area contributed by atoms with Gasteiger partial charge >= 0.3 is 0 Å². The minimum atomic E-state index is 0.122. The highest BCUT2D eigenvalue weighted by Gasteiger charge is 2.22. The van der Waals surface area contributed by atoms with Crippen LogP contribution in [-0.4, -0.2) is 54.6 Å². The van der Waals surface area contributed by atoms with Gasteiger partial charge in [-0.1, -0.05) is 0 Å². The average Bonchev–Trinajstić information content (AvgIpc) is 2.80. The van der Waals surface area contributed by atoms with Gasteiger partial charge < -0.3 is 15.1 Å². The third-order valence-electron chi connectivity index (χ3n) is 3.08. The molecule has 5 heteroatoms. The fraction of sp³-hybridized carbons (Fsp3) is 0.818. The van der Waals surface area contributed by atoms with Crippen molar-refractivity contribution in [3.63, 3.8) is 0 Å². The quantitative estimate of drug-likeness (QED) is 0.711. The highest BCUT2D eigenvalue weighted by Crippen LogP contribution is 2.11. The van der Waals surface area contributed by atoms with Crippen molar-refractivity contribution in [2.24, 2.45) is 9.98 Å². The van der Waals surface area contributed by atoms with Crippen LogP contribution in [0.3, 0.4) is 0 Å². The Morgan fingerprint density at radius 1 is 1.44 bits per heavy atom. The van der Waals surface area contributed by atoms with Gasteiger partial charge in [0.2, 0.25) is 11.9 Å². The zero-order valence-electron chi connectivity index (χ0n) is 10.4. The van der Waals surface area contributed by atoms with Gasteiger partial charge in [-0.05, 0) is 26.7 Å². The zero-order valence-corrected chi connectivity index (χ0v) is 10.4. The summed E-state index contributed by atoms with van der Waals surface area (Å²) in [7, 11) is 2.05. The van der Waals surface area contributed by atoms with Crippen molar-refractivity contribution in [3.05, 3.63) is 0 Å². The molecule has 0 spiro atoms. The van der Waals surface area contributed by atoms with Crippen molar-refractivity contribution in [2.45, 2.75) is 32.9 Å². The van der Waals surface area contributed by atoms with Crippen molar-refractivity contribution in [3.8, 4) is 0 Å². The van der Waals surface area contributed by atoms with E-state index in [-0.39, 0.29) is 6.17 Å². The summed E-state index contributed by atoms with van der Waals surface area (Å²) in [5.41, 5.74) is 0. The lowest BCUT2D eigenvalue weighted by molar-refractivity contribution is 0.465. The molecule has 2 aliphatic heterocycles. The van der Waals surface area contributed by atoms with E-state index in [2.05, 4.69) is 38.9 Å². The number of nitrogens with zero attached hydrogens (tertiary/aromatic N) is 4. The maximum Gasteiger partial charge on any atom is 0.225 e. The van der Waals surface area contributed by atoms with Gasteiger partial charge in [-0.3, -0.25) is 0 Å². The fourth-order valence-electron chi connectivity index (χ4n) is 1.96. The normalized spacial score (nSPS) is 24.9. The van der Waals surface area contributed by atoms with Crippen LogP contribution in [0.15, 0.2) is 9.98 Å². The number of guanidine groups is 2. The first kappa shape index (κ1) is 11.2. The molecule has 1 fully saturated rings. The maximum absolute atomic E-state index is 4.59. The Kier molecular flexibility index (Phi) is 3.31. The van der Waals surface area contributed by atoms with Gasteiger partial charge in [0, 0.05) is 26.7 Å². The number of nitrogens with one attached hydrogen (secondary N) is 1. The molecule has 0 saturated carbocycles. The first-order valence-electron chi connectivity index (χ1n) is 6.10. The molecule has 90 valence electrons. The second-order valence-electron chi connectivity index (χ2n) is 4.39. The summed E-state index contributed by atoms with van der Waals surface area (Å²) in [6, 6.07) is 0. The van der Waals surface area contributed by atoms with Crippen LogP contribution >= 0.6 is 0 Å². The Hall–Kier alpha value is -1.26. The predicted octanol–water partition coefficient (Wildman–Crippen LogP) is 0.695. The molecule has 5 nitrogen and oxygen atoms in total. The molecule has 0 aromatic carbocycles. The molecule has 0 aliphatic carbocycles. The minimum absolute atomic E-state index is 0.122. The topological polar surface area (TPSA) is 43.2 Å². The molecule has 0 aromatic heterocycles. The van der Waals surface area contributed by atoms with Crippen LogP contribution in [0.5, 0.6) is 0 Å². The summed E-state index contributed by atoms with van der Waals surface area (Å²) in [6.45, 7) is 7.33. The summed E-state index contributed by atoms with van der Waals surface area (Å²) in [4.78, 5) is 13.5. The van der Waals surface area contributed by atoms with Gasteiger partial charge in [-0.25, -0.2) is 4.99 Å². The van der Waals surface area contributed by atoms with Crippen LogP contribution in [0.4, 0.5) is 0 Å².